The minimum absolute atomic E-state index is 0.00875. The summed E-state index contributed by atoms with van der Waals surface area (Å²) in [5.74, 6) is 0.625. The number of carbonyl (C=O) groups excluding carboxylic acids is 2. The largest absolute Gasteiger partial charge is 0.342 e. The molecule has 1 aliphatic heterocycles. The Kier molecular flexibility index (Phi) is 5.18. The van der Waals surface area contributed by atoms with Crippen LogP contribution < -0.4 is 5.32 Å². The molecule has 2 amide bonds. The number of hydrogen-bond acceptors (Lipinski definition) is 3. The molecule has 114 valence electrons. The van der Waals surface area contributed by atoms with Crippen LogP contribution >= 0.6 is 0 Å². The summed E-state index contributed by atoms with van der Waals surface area (Å²) >= 11 is 0. The van der Waals surface area contributed by atoms with E-state index in [0.717, 1.165) is 25.7 Å². The number of nitrogens with one attached hydrogen (secondary N) is 1. The molecule has 0 bridgehead atoms. The zero-order valence-corrected chi connectivity index (χ0v) is 13.1. The van der Waals surface area contributed by atoms with Gasteiger partial charge in [0, 0.05) is 29.4 Å². The first-order chi connectivity index (χ1) is 9.50. The summed E-state index contributed by atoms with van der Waals surface area (Å²) in [5.41, 5.74) is 0. The van der Waals surface area contributed by atoms with Gasteiger partial charge in [0.15, 0.2) is 0 Å². The highest BCUT2D eigenvalue weighted by atomic mass is 32.2. The highest BCUT2D eigenvalue weighted by Crippen LogP contribution is 2.29. The normalized spacial score (nSPS) is 30.2. The Hall–Kier alpha value is -0.910. The summed E-state index contributed by atoms with van der Waals surface area (Å²) in [7, 11) is -0.950. The number of rotatable bonds is 4. The third kappa shape index (κ3) is 3.40. The van der Waals surface area contributed by atoms with E-state index in [0.29, 0.717) is 12.3 Å². The molecule has 1 aliphatic carbocycles. The van der Waals surface area contributed by atoms with Crippen molar-refractivity contribution < 1.29 is 13.8 Å². The lowest BCUT2D eigenvalue weighted by atomic mass is 9.82. The van der Waals surface area contributed by atoms with Crippen molar-refractivity contribution in [3.8, 4) is 0 Å². The Labute approximate surface area is 122 Å². The fraction of sp³-hybridized carbons (Fsp3) is 0.857. The van der Waals surface area contributed by atoms with Gasteiger partial charge >= 0.3 is 0 Å². The molecule has 1 heterocycles. The van der Waals surface area contributed by atoms with Crippen LogP contribution in [0.4, 0.5) is 0 Å². The maximum Gasteiger partial charge on any atom is 0.246 e. The Morgan fingerprint density at radius 1 is 1.25 bits per heavy atom. The molecule has 1 saturated heterocycles. The van der Waals surface area contributed by atoms with Crippen LogP contribution in [0, 0.1) is 5.92 Å². The first-order valence-electron chi connectivity index (χ1n) is 7.41. The number of carbonyl (C=O) groups is 2. The van der Waals surface area contributed by atoms with Crippen molar-refractivity contribution >= 4 is 22.6 Å². The minimum atomic E-state index is -0.950. The standard InChI is InChI=1S/C14H24N2O3S/c1-10-13(17)15-12(11-6-4-3-5-7-11)14(18)16(10)8-9-20(2)19/h10-12H,3-9H2,1-2H3,(H,15,17). The third-order valence-electron chi connectivity index (χ3n) is 4.43. The van der Waals surface area contributed by atoms with Gasteiger partial charge in [0.1, 0.15) is 12.1 Å². The molecule has 3 atom stereocenters. The van der Waals surface area contributed by atoms with Crippen LogP contribution in [0.25, 0.3) is 0 Å². The van der Waals surface area contributed by atoms with E-state index in [1.165, 1.54) is 6.42 Å². The van der Waals surface area contributed by atoms with Gasteiger partial charge in [-0.1, -0.05) is 19.3 Å². The van der Waals surface area contributed by atoms with E-state index < -0.39 is 16.8 Å². The molecule has 20 heavy (non-hydrogen) atoms. The number of amides is 2. The second-order valence-electron chi connectivity index (χ2n) is 5.87. The molecule has 2 rings (SSSR count). The molecule has 2 aliphatic rings. The zero-order chi connectivity index (χ0) is 14.7. The molecule has 0 aromatic rings. The van der Waals surface area contributed by atoms with Crippen molar-refractivity contribution in [2.24, 2.45) is 5.92 Å². The molecule has 2 fully saturated rings. The summed E-state index contributed by atoms with van der Waals surface area (Å²) in [6.45, 7) is 2.14. The summed E-state index contributed by atoms with van der Waals surface area (Å²) in [5, 5.41) is 2.90. The van der Waals surface area contributed by atoms with Gasteiger partial charge in [0.2, 0.25) is 11.8 Å². The van der Waals surface area contributed by atoms with E-state index in [-0.39, 0.29) is 23.8 Å². The van der Waals surface area contributed by atoms with Gasteiger partial charge in [-0.15, -0.1) is 0 Å². The zero-order valence-electron chi connectivity index (χ0n) is 12.3. The molecule has 0 aromatic heterocycles. The topological polar surface area (TPSA) is 66.5 Å². The predicted octanol–water partition coefficient (Wildman–Crippen LogP) is 0.661. The average Bonchev–Trinajstić information content (AvgIpc) is 2.43. The van der Waals surface area contributed by atoms with Gasteiger partial charge in [-0.3, -0.25) is 13.8 Å². The Morgan fingerprint density at radius 3 is 2.50 bits per heavy atom. The van der Waals surface area contributed by atoms with Crippen molar-refractivity contribution in [3.05, 3.63) is 0 Å². The van der Waals surface area contributed by atoms with E-state index in [1.54, 1.807) is 18.1 Å². The van der Waals surface area contributed by atoms with Gasteiger partial charge in [0.05, 0.1) is 0 Å². The van der Waals surface area contributed by atoms with Gasteiger partial charge in [-0.05, 0) is 25.7 Å². The Morgan fingerprint density at radius 2 is 1.90 bits per heavy atom. The van der Waals surface area contributed by atoms with Crippen LogP contribution in [0.15, 0.2) is 0 Å². The first kappa shape index (κ1) is 15.5. The number of hydrogen-bond donors (Lipinski definition) is 1. The molecule has 5 nitrogen and oxygen atoms in total. The van der Waals surface area contributed by atoms with Crippen molar-refractivity contribution in [1.82, 2.24) is 10.2 Å². The predicted molar refractivity (Wildman–Crippen MR) is 78.6 cm³/mol. The van der Waals surface area contributed by atoms with Crippen LogP contribution in [0.3, 0.4) is 0 Å². The molecule has 1 N–H and O–H groups in total. The lowest BCUT2D eigenvalue weighted by molar-refractivity contribution is -0.150. The summed E-state index contributed by atoms with van der Waals surface area (Å²) in [6.07, 6.45) is 7.15. The average molecular weight is 300 g/mol. The quantitative estimate of drug-likeness (QED) is 0.829. The lowest BCUT2D eigenvalue weighted by Gasteiger charge is -2.41. The SMILES string of the molecule is CC1C(=O)NC(C2CCCCC2)C(=O)N1CCS(C)=O. The van der Waals surface area contributed by atoms with Crippen molar-refractivity contribution in [2.75, 3.05) is 18.6 Å². The van der Waals surface area contributed by atoms with Crippen LogP contribution in [-0.4, -0.2) is 51.6 Å². The van der Waals surface area contributed by atoms with Crippen LogP contribution in [0.5, 0.6) is 0 Å². The summed E-state index contributed by atoms with van der Waals surface area (Å²) in [6, 6.07) is -0.824. The van der Waals surface area contributed by atoms with Crippen LogP contribution in [0.1, 0.15) is 39.0 Å². The monoisotopic (exact) mass is 300 g/mol. The number of nitrogens with zero attached hydrogens (tertiary/aromatic N) is 1. The second kappa shape index (κ2) is 6.70. The van der Waals surface area contributed by atoms with E-state index in [4.69, 9.17) is 0 Å². The summed E-state index contributed by atoms with van der Waals surface area (Å²) < 4.78 is 11.2. The molecule has 1 saturated carbocycles. The van der Waals surface area contributed by atoms with E-state index in [2.05, 4.69) is 5.32 Å². The van der Waals surface area contributed by atoms with Gasteiger partial charge < -0.3 is 10.2 Å². The van der Waals surface area contributed by atoms with E-state index in [1.807, 2.05) is 0 Å². The van der Waals surface area contributed by atoms with Crippen LogP contribution in [0.2, 0.25) is 0 Å². The molecule has 0 aromatic carbocycles. The molecule has 6 heteroatoms. The fourth-order valence-electron chi connectivity index (χ4n) is 3.16. The van der Waals surface area contributed by atoms with Crippen LogP contribution in [-0.2, 0) is 20.4 Å². The lowest BCUT2D eigenvalue weighted by Crippen LogP contribution is -2.65. The highest BCUT2D eigenvalue weighted by Gasteiger charge is 2.41. The van der Waals surface area contributed by atoms with Crippen molar-refractivity contribution in [2.45, 2.75) is 51.1 Å². The molecule has 0 radical (unpaired) electrons. The first-order valence-corrected chi connectivity index (χ1v) is 9.14. The third-order valence-corrected chi connectivity index (χ3v) is 5.19. The Bertz CT molecular complexity index is 407. The molecule has 3 unspecified atom stereocenters. The summed E-state index contributed by atoms with van der Waals surface area (Å²) in [4.78, 5) is 26.3. The van der Waals surface area contributed by atoms with E-state index >= 15 is 0 Å². The van der Waals surface area contributed by atoms with Crippen molar-refractivity contribution in [1.29, 1.82) is 0 Å². The smallest absolute Gasteiger partial charge is 0.246 e. The molecular formula is C14H24N2O3S. The van der Waals surface area contributed by atoms with E-state index in [9.17, 15) is 13.8 Å². The Balaban J connectivity index is 2.08. The molecular weight excluding hydrogens is 276 g/mol. The van der Waals surface area contributed by atoms with Gasteiger partial charge in [-0.2, -0.15) is 0 Å². The molecule has 0 spiro atoms. The van der Waals surface area contributed by atoms with Gasteiger partial charge in [-0.25, -0.2) is 0 Å². The fourth-order valence-corrected chi connectivity index (χ4v) is 3.62. The maximum atomic E-state index is 12.6. The number of piperazine rings is 1. The highest BCUT2D eigenvalue weighted by molar-refractivity contribution is 7.84. The van der Waals surface area contributed by atoms with Gasteiger partial charge in [0.25, 0.3) is 0 Å². The van der Waals surface area contributed by atoms with Crippen molar-refractivity contribution in [3.63, 3.8) is 0 Å². The minimum Gasteiger partial charge on any atom is -0.342 e. The second-order valence-corrected chi connectivity index (χ2v) is 7.42. The maximum absolute atomic E-state index is 12.6.